The van der Waals surface area contributed by atoms with E-state index < -0.39 is 18.4 Å². The van der Waals surface area contributed by atoms with Crippen molar-refractivity contribution >= 4 is 17.9 Å². The number of carbonyl (C=O) groups excluding carboxylic acids is 2. The Hall–Kier alpha value is -2.23. The molecular formula is C64H122NO8+. The van der Waals surface area contributed by atoms with Crippen molar-refractivity contribution in [3.8, 4) is 0 Å². The first-order valence-electron chi connectivity index (χ1n) is 31.5. The Morgan fingerprint density at radius 2 is 0.740 bits per heavy atom. The second-order valence-corrected chi connectivity index (χ2v) is 22.7. The minimum absolute atomic E-state index is 0.175. The molecule has 0 saturated heterocycles. The van der Waals surface area contributed by atoms with Gasteiger partial charge in [0.1, 0.15) is 13.2 Å². The van der Waals surface area contributed by atoms with Crippen molar-refractivity contribution < 1.29 is 42.9 Å². The number of esters is 2. The van der Waals surface area contributed by atoms with E-state index in [4.69, 9.17) is 18.9 Å². The lowest BCUT2D eigenvalue weighted by atomic mass is 10.0. The van der Waals surface area contributed by atoms with Gasteiger partial charge in [0.05, 0.1) is 34.4 Å². The van der Waals surface area contributed by atoms with E-state index in [-0.39, 0.29) is 38.2 Å². The summed E-state index contributed by atoms with van der Waals surface area (Å²) in [6.45, 7) is 4.93. The van der Waals surface area contributed by atoms with Gasteiger partial charge in [-0.15, -0.1) is 0 Å². The van der Waals surface area contributed by atoms with Gasteiger partial charge >= 0.3 is 17.9 Å². The number of hydrogen-bond acceptors (Lipinski definition) is 7. The topological polar surface area (TPSA) is 108 Å². The molecule has 0 aliphatic carbocycles. The molecule has 0 spiro atoms. The van der Waals surface area contributed by atoms with E-state index in [1.807, 2.05) is 21.1 Å². The maximum atomic E-state index is 12.9. The Morgan fingerprint density at radius 1 is 0.411 bits per heavy atom. The van der Waals surface area contributed by atoms with E-state index in [1.54, 1.807) is 0 Å². The lowest BCUT2D eigenvalue weighted by molar-refractivity contribution is -0.870. The zero-order valence-electron chi connectivity index (χ0n) is 49.1. The molecule has 73 heavy (non-hydrogen) atoms. The Kier molecular flexibility index (Phi) is 54.3. The molecule has 1 N–H and O–H groups in total. The van der Waals surface area contributed by atoms with E-state index in [9.17, 15) is 19.5 Å². The normalized spacial score (nSPS) is 12.8. The molecule has 0 amide bonds. The number of quaternary nitrogens is 1. The van der Waals surface area contributed by atoms with Crippen molar-refractivity contribution in [2.45, 2.75) is 322 Å². The lowest BCUT2D eigenvalue weighted by Gasteiger charge is -2.25. The van der Waals surface area contributed by atoms with Gasteiger partial charge in [-0.05, 0) is 44.9 Å². The quantitative estimate of drug-likeness (QED) is 0.0211. The highest BCUT2D eigenvalue weighted by atomic mass is 16.7. The van der Waals surface area contributed by atoms with Crippen LogP contribution in [-0.2, 0) is 33.3 Å². The highest BCUT2D eigenvalue weighted by molar-refractivity contribution is 5.71. The molecule has 0 bridgehead atoms. The maximum absolute atomic E-state index is 12.9. The lowest BCUT2D eigenvalue weighted by Crippen LogP contribution is -2.40. The van der Waals surface area contributed by atoms with Gasteiger partial charge in [0, 0.05) is 12.8 Å². The van der Waals surface area contributed by atoms with E-state index >= 15 is 0 Å². The smallest absolute Gasteiger partial charge is 0.361 e. The third kappa shape index (κ3) is 57.3. The summed E-state index contributed by atoms with van der Waals surface area (Å²) >= 11 is 0. The van der Waals surface area contributed by atoms with Crippen LogP contribution in [0.5, 0.6) is 0 Å². The summed E-state index contributed by atoms with van der Waals surface area (Å²) < 4.78 is 22.9. The summed E-state index contributed by atoms with van der Waals surface area (Å²) in [5.74, 6) is -1.98. The molecular weight excluding hydrogens is 911 g/mol. The predicted octanol–water partition coefficient (Wildman–Crippen LogP) is 18.7. The molecule has 0 aliphatic heterocycles. The van der Waals surface area contributed by atoms with Crippen molar-refractivity contribution in [2.75, 3.05) is 47.5 Å². The standard InChI is InChI=1S/C64H121NO8/c1-6-8-10-12-14-16-18-20-22-24-26-27-28-29-30-31-32-33-34-35-37-39-41-43-45-47-49-51-53-55-62(67)73-60(59-72-64(63(68)69)70-57-56-65(3,4)5)58-71-61(66)54-52-50-48-46-44-42-40-38-36-25-23-21-19-17-15-13-11-9-7-2/h18,20,24,26,60,64H,6-17,19,21-23,25,27-59H2,1-5H3/p+1/b20-18-,26-24-. The summed E-state index contributed by atoms with van der Waals surface area (Å²) in [6, 6.07) is 0. The van der Waals surface area contributed by atoms with Crippen LogP contribution in [0.2, 0.25) is 0 Å². The van der Waals surface area contributed by atoms with Crippen LogP contribution in [0.4, 0.5) is 0 Å². The second kappa shape index (κ2) is 56.0. The van der Waals surface area contributed by atoms with Crippen molar-refractivity contribution in [1.82, 2.24) is 0 Å². The first-order chi connectivity index (χ1) is 35.6. The summed E-state index contributed by atoms with van der Waals surface area (Å²) in [7, 11) is 5.98. The number of carboxylic acids is 1. The highest BCUT2D eigenvalue weighted by Gasteiger charge is 2.25. The summed E-state index contributed by atoms with van der Waals surface area (Å²) in [4.78, 5) is 37.5. The molecule has 2 unspecified atom stereocenters. The zero-order chi connectivity index (χ0) is 53.4. The zero-order valence-corrected chi connectivity index (χ0v) is 49.1. The second-order valence-electron chi connectivity index (χ2n) is 22.7. The molecule has 0 radical (unpaired) electrons. The van der Waals surface area contributed by atoms with E-state index in [2.05, 4.69) is 38.2 Å². The molecule has 0 saturated carbocycles. The molecule has 2 atom stereocenters. The molecule has 0 aliphatic rings. The summed E-state index contributed by atoms with van der Waals surface area (Å²) in [5.41, 5.74) is 0. The Morgan fingerprint density at radius 3 is 1.08 bits per heavy atom. The van der Waals surface area contributed by atoms with Gasteiger partial charge in [-0.2, -0.15) is 0 Å². The number of ether oxygens (including phenoxy) is 4. The number of likely N-dealkylation sites (N-methyl/N-ethyl adjacent to an activating group) is 1. The minimum atomic E-state index is -1.51. The van der Waals surface area contributed by atoms with Gasteiger partial charge in [-0.1, -0.05) is 276 Å². The van der Waals surface area contributed by atoms with Gasteiger partial charge in [0.25, 0.3) is 6.29 Å². The van der Waals surface area contributed by atoms with Crippen LogP contribution >= 0.6 is 0 Å². The SMILES string of the molecule is CCCCCCC/C=C\C/C=C\CCCCCCCCCCCCCCCCCCCC(=O)OC(COC(=O)CCCCCCCCCCCCCCCCCCCCC)COC(OCC[N+](C)(C)C)C(=O)O. The van der Waals surface area contributed by atoms with Crippen LogP contribution in [0, 0.1) is 0 Å². The fourth-order valence-corrected chi connectivity index (χ4v) is 9.34. The molecule has 9 heteroatoms. The molecule has 0 heterocycles. The largest absolute Gasteiger partial charge is 0.477 e. The third-order valence-electron chi connectivity index (χ3n) is 14.2. The molecule has 0 aromatic carbocycles. The number of carbonyl (C=O) groups is 3. The number of allylic oxidation sites excluding steroid dienone is 4. The monoisotopic (exact) mass is 1030 g/mol. The van der Waals surface area contributed by atoms with Crippen LogP contribution in [-0.4, -0.2) is 87.4 Å². The molecule has 0 rings (SSSR count). The molecule has 0 fully saturated rings. The Bertz CT molecular complexity index is 1250. The van der Waals surface area contributed by atoms with Gasteiger partial charge < -0.3 is 28.5 Å². The molecule has 0 aromatic rings. The average Bonchev–Trinajstić information content (AvgIpc) is 3.36. The summed E-state index contributed by atoms with van der Waals surface area (Å²) in [6.07, 6.45) is 64.1. The number of unbranched alkanes of at least 4 members (excludes halogenated alkanes) is 40. The van der Waals surface area contributed by atoms with Gasteiger partial charge in [0.15, 0.2) is 6.10 Å². The van der Waals surface area contributed by atoms with Crippen LogP contribution < -0.4 is 0 Å². The number of rotatable bonds is 59. The Balaban J connectivity index is 4.12. The van der Waals surface area contributed by atoms with Crippen LogP contribution in [0.3, 0.4) is 0 Å². The van der Waals surface area contributed by atoms with Gasteiger partial charge in [-0.25, -0.2) is 4.79 Å². The molecule has 0 aromatic heterocycles. The van der Waals surface area contributed by atoms with Crippen LogP contribution in [0.15, 0.2) is 24.3 Å². The number of carboxylic acid groups (broad SMARTS) is 1. The van der Waals surface area contributed by atoms with Gasteiger partial charge in [0.2, 0.25) is 0 Å². The fourth-order valence-electron chi connectivity index (χ4n) is 9.34. The minimum Gasteiger partial charge on any atom is -0.477 e. The van der Waals surface area contributed by atoms with Crippen molar-refractivity contribution in [1.29, 1.82) is 0 Å². The van der Waals surface area contributed by atoms with Crippen molar-refractivity contribution in [2.24, 2.45) is 0 Å². The number of hydrogen-bond donors (Lipinski definition) is 1. The first kappa shape index (κ1) is 70.8. The van der Waals surface area contributed by atoms with Crippen molar-refractivity contribution in [3.63, 3.8) is 0 Å². The average molecular weight is 1030 g/mol. The highest BCUT2D eigenvalue weighted by Crippen LogP contribution is 2.18. The predicted molar refractivity (Wildman–Crippen MR) is 309 cm³/mol. The fraction of sp³-hybridized carbons (Fsp3) is 0.891. The Labute approximate surface area is 452 Å². The third-order valence-corrected chi connectivity index (χ3v) is 14.2. The number of nitrogens with zero attached hydrogens (tertiary/aromatic N) is 1. The van der Waals surface area contributed by atoms with E-state index in [0.29, 0.717) is 17.4 Å². The van der Waals surface area contributed by atoms with Crippen LogP contribution in [0.25, 0.3) is 0 Å². The molecule has 430 valence electrons. The van der Waals surface area contributed by atoms with Crippen molar-refractivity contribution in [3.05, 3.63) is 24.3 Å². The summed E-state index contributed by atoms with van der Waals surface area (Å²) in [5, 5.41) is 9.72. The van der Waals surface area contributed by atoms with E-state index in [0.717, 1.165) is 44.9 Å². The first-order valence-corrected chi connectivity index (χ1v) is 31.5. The van der Waals surface area contributed by atoms with Crippen LogP contribution in [0.1, 0.15) is 309 Å². The maximum Gasteiger partial charge on any atom is 0.361 e. The number of aliphatic carboxylic acids is 1. The molecule has 9 nitrogen and oxygen atoms in total. The van der Waals surface area contributed by atoms with Gasteiger partial charge in [-0.3, -0.25) is 9.59 Å². The van der Waals surface area contributed by atoms with E-state index in [1.165, 1.54) is 238 Å².